The summed E-state index contributed by atoms with van der Waals surface area (Å²) < 4.78 is 105. The van der Waals surface area contributed by atoms with Crippen LogP contribution in [-0.4, -0.2) is 47.8 Å². The number of nitrogen functional groups attached to an aromatic ring is 1. The van der Waals surface area contributed by atoms with Crippen LogP contribution in [0.2, 0.25) is 0 Å². The Balaban J connectivity index is 1.97. The van der Waals surface area contributed by atoms with Crippen LogP contribution in [0.5, 0.6) is 0 Å². The van der Waals surface area contributed by atoms with E-state index in [1.165, 1.54) is 12.3 Å². The molecule has 0 aromatic carbocycles. The number of hydrogen-bond donors (Lipinski definition) is 1. The average molecular weight is 455 g/mol. The van der Waals surface area contributed by atoms with Crippen molar-refractivity contribution >= 4 is 13.6 Å². The first kappa shape index (κ1) is 23.6. The third-order valence-electron chi connectivity index (χ3n) is 3.44. The molecule has 0 unspecified atom stereocenters. The van der Waals surface area contributed by atoms with Gasteiger partial charge in [0.2, 0.25) is 0 Å². The van der Waals surface area contributed by atoms with Crippen LogP contribution in [0.3, 0.4) is 0 Å². The van der Waals surface area contributed by atoms with Crippen molar-refractivity contribution in [1.82, 2.24) is 9.55 Å². The molecule has 2 heterocycles. The normalized spacial score (nSPS) is 20.9. The lowest BCUT2D eigenvalue weighted by Crippen LogP contribution is -2.28. The van der Waals surface area contributed by atoms with Gasteiger partial charge in [-0.3, -0.25) is 18.1 Å². The number of hydrogen-bond acceptors (Lipinski definition) is 8. The van der Waals surface area contributed by atoms with Gasteiger partial charge in [-0.1, -0.05) is 0 Å². The minimum atomic E-state index is -5.19. The molecule has 0 bridgehead atoms. The summed E-state index contributed by atoms with van der Waals surface area (Å²) in [6.45, 7) is -4.97. The molecule has 0 saturated carbocycles. The molecule has 2 N–H and O–H groups in total. The van der Waals surface area contributed by atoms with Gasteiger partial charge in [-0.2, -0.15) is 31.3 Å². The van der Waals surface area contributed by atoms with Gasteiger partial charge in [0.05, 0.1) is 12.7 Å². The Labute approximate surface area is 159 Å². The smallest absolute Gasteiger partial charge is 0.383 e. The maximum atomic E-state index is 12.3. The molecule has 1 aromatic heterocycles. The first-order valence-corrected chi connectivity index (χ1v) is 9.40. The molecule has 0 aliphatic carbocycles. The fourth-order valence-corrected chi connectivity index (χ4v) is 3.43. The molecule has 2 rings (SSSR count). The van der Waals surface area contributed by atoms with Crippen molar-refractivity contribution in [1.29, 1.82) is 0 Å². The van der Waals surface area contributed by atoms with E-state index < -0.39 is 58.0 Å². The van der Waals surface area contributed by atoms with E-state index in [1.54, 1.807) is 0 Å². The largest absolute Gasteiger partial charge is 0.475 e. The van der Waals surface area contributed by atoms with Crippen molar-refractivity contribution in [3.05, 3.63) is 22.7 Å². The predicted octanol–water partition coefficient (Wildman–Crippen LogP) is 2.79. The van der Waals surface area contributed by atoms with E-state index in [-0.39, 0.29) is 18.7 Å². The summed E-state index contributed by atoms with van der Waals surface area (Å²) >= 11 is 0. The molecule has 1 aromatic rings. The van der Waals surface area contributed by atoms with Crippen LogP contribution in [0, 0.1) is 0 Å². The quantitative estimate of drug-likeness (QED) is 0.470. The summed E-state index contributed by atoms with van der Waals surface area (Å²) in [5.74, 6) is -0.0197. The molecule has 166 valence electrons. The Bertz CT molecular complexity index is 778. The molecule has 0 radical (unpaired) electrons. The van der Waals surface area contributed by atoms with Gasteiger partial charge in [0.15, 0.2) is 13.2 Å². The summed E-state index contributed by atoms with van der Waals surface area (Å²) in [4.78, 5) is 15.3. The number of rotatable bonds is 8. The Morgan fingerprint density at radius 2 is 1.72 bits per heavy atom. The molecule has 0 spiro atoms. The Hall–Kier alpha value is -1.67. The molecule has 2 atom stereocenters. The molecule has 1 saturated heterocycles. The summed E-state index contributed by atoms with van der Waals surface area (Å²) in [7, 11) is -5.19. The van der Waals surface area contributed by atoms with Crippen molar-refractivity contribution < 1.29 is 49.2 Å². The van der Waals surface area contributed by atoms with E-state index in [4.69, 9.17) is 10.5 Å². The number of nitrogens with zero attached hydrogens (tertiary/aromatic N) is 2. The van der Waals surface area contributed by atoms with Gasteiger partial charge in [-0.15, -0.1) is 0 Å². The van der Waals surface area contributed by atoms with Crippen LogP contribution in [-0.2, 0) is 22.9 Å². The molecule has 1 aliphatic heterocycles. The van der Waals surface area contributed by atoms with E-state index in [9.17, 15) is 35.7 Å². The second-order valence-corrected chi connectivity index (χ2v) is 7.52. The van der Waals surface area contributed by atoms with Gasteiger partial charge in [-0.25, -0.2) is 9.36 Å². The highest BCUT2D eigenvalue weighted by molar-refractivity contribution is 7.48. The topological polar surface area (TPSA) is 115 Å². The maximum Gasteiger partial charge on any atom is 0.475 e. The zero-order valence-electron chi connectivity index (χ0n) is 14.5. The third kappa shape index (κ3) is 7.93. The molecule has 16 heteroatoms. The van der Waals surface area contributed by atoms with E-state index >= 15 is 0 Å². The van der Waals surface area contributed by atoms with Crippen LogP contribution in [0.15, 0.2) is 17.1 Å². The number of anilines is 1. The number of phosphoric acid groups is 1. The van der Waals surface area contributed by atoms with Crippen molar-refractivity contribution in [3.63, 3.8) is 0 Å². The van der Waals surface area contributed by atoms with Crippen LogP contribution >= 0.6 is 7.82 Å². The first-order valence-electron chi connectivity index (χ1n) is 7.94. The van der Waals surface area contributed by atoms with E-state index in [0.717, 1.165) is 4.57 Å². The Kier molecular flexibility index (Phi) is 7.32. The van der Waals surface area contributed by atoms with E-state index in [0.29, 0.717) is 0 Å². The zero-order valence-corrected chi connectivity index (χ0v) is 15.4. The zero-order chi connectivity index (χ0) is 21.9. The lowest BCUT2D eigenvalue weighted by molar-refractivity contribution is -0.171. The van der Waals surface area contributed by atoms with Crippen LogP contribution < -0.4 is 11.4 Å². The number of alkyl halides is 6. The minimum absolute atomic E-state index is 0.0197. The highest BCUT2D eigenvalue weighted by Gasteiger charge is 2.40. The third-order valence-corrected chi connectivity index (χ3v) is 4.79. The van der Waals surface area contributed by atoms with Crippen LogP contribution in [0.1, 0.15) is 19.1 Å². The Morgan fingerprint density at radius 1 is 1.14 bits per heavy atom. The number of aromatic nitrogens is 2. The van der Waals surface area contributed by atoms with Crippen LogP contribution in [0.25, 0.3) is 0 Å². The molecule has 0 amide bonds. The highest BCUT2D eigenvalue weighted by Crippen LogP contribution is 2.52. The SMILES string of the molecule is Nc1ccn([C@H]2CC[C@@H](COP(=O)(OCC(F)(F)F)OCC(F)(F)F)O2)c(=O)n1. The number of ether oxygens (including phenoxy) is 1. The second-order valence-electron chi connectivity index (χ2n) is 5.85. The number of phosphoric ester groups is 1. The molecule has 1 aliphatic rings. The maximum absolute atomic E-state index is 12.3. The minimum Gasteiger partial charge on any atom is -0.383 e. The van der Waals surface area contributed by atoms with Gasteiger partial charge < -0.3 is 10.5 Å². The number of nitrogens with two attached hydrogens (primary N) is 1. The van der Waals surface area contributed by atoms with E-state index in [1.807, 2.05) is 0 Å². The molecule has 1 fully saturated rings. The summed E-state index contributed by atoms with van der Waals surface area (Å²) in [6, 6.07) is 1.33. The van der Waals surface area contributed by atoms with Gasteiger partial charge in [0.25, 0.3) is 0 Å². The number of halogens is 6. The van der Waals surface area contributed by atoms with Crippen molar-refractivity contribution in [3.8, 4) is 0 Å². The fraction of sp³-hybridized carbons (Fsp3) is 0.692. The van der Waals surface area contributed by atoms with Gasteiger partial charge in [-0.05, 0) is 18.9 Å². The first-order chi connectivity index (χ1) is 13.3. The Morgan fingerprint density at radius 3 is 2.24 bits per heavy atom. The molecular weight excluding hydrogens is 439 g/mol. The standard InChI is InChI=1S/C13H16F6N3O6P/c14-12(15,16)6-26-29(24,27-7-13(17,18)19)25-5-8-1-2-10(28-8)22-4-3-9(20)21-11(22)23/h3-4,8,10H,1-2,5-7H2,(H2,20,21,23)/t8-,10+/m0/s1. The van der Waals surface area contributed by atoms with Gasteiger partial charge in [0, 0.05) is 6.20 Å². The fourth-order valence-electron chi connectivity index (χ4n) is 2.25. The predicted molar refractivity (Wildman–Crippen MR) is 83.6 cm³/mol. The van der Waals surface area contributed by atoms with E-state index in [2.05, 4.69) is 18.6 Å². The molecule has 9 nitrogen and oxygen atoms in total. The lowest BCUT2D eigenvalue weighted by atomic mass is 10.2. The molecule has 29 heavy (non-hydrogen) atoms. The monoisotopic (exact) mass is 455 g/mol. The van der Waals surface area contributed by atoms with Crippen molar-refractivity contribution in [2.75, 3.05) is 25.6 Å². The lowest BCUT2D eigenvalue weighted by Gasteiger charge is -2.21. The van der Waals surface area contributed by atoms with Gasteiger partial charge in [0.1, 0.15) is 12.0 Å². The average Bonchev–Trinajstić information content (AvgIpc) is 3.04. The second kappa shape index (κ2) is 9.00. The summed E-state index contributed by atoms with van der Waals surface area (Å²) in [6.07, 6.45) is -9.92. The highest BCUT2D eigenvalue weighted by atomic mass is 31.2. The summed E-state index contributed by atoms with van der Waals surface area (Å²) in [5, 5.41) is 0. The molecular formula is C13H16F6N3O6P. The van der Waals surface area contributed by atoms with Gasteiger partial charge >= 0.3 is 25.9 Å². The van der Waals surface area contributed by atoms with Crippen molar-refractivity contribution in [2.24, 2.45) is 0 Å². The summed E-state index contributed by atoms with van der Waals surface area (Å²) in [5.41, 5.74) is 4.64. The van der Waals surface area contributed by atoms with Crippen molar-refractivity contribution in [2.45, 2.75) is 37.5 Å². The van der Waals surface area contributed by atoms with Crippen LogP contribution in [0.4, 0.5) is 32.2 Å².